The SMILES string of the molecule is CCN(CC)C(=O)CN1CCCC1c1ccc(Nc2ccc(F)cn2)cn1. The summed E-state index contributed by atoms with van der Waals surface area (Å²) < 4.78 is 12.9. The Morgan fingerprint density at radius 2 is 2.04 bits per heavy atom. The molecule has 0 bridgehead atoms. The van der Waals surface area contributed by atoms with Gasteiger partial charge >= 0.3 is 0 Å². The maximum absolute atomic E-state index is 12.9. The number of hydrogen-bond donors (Lipinski definition) is 1. The van der Waals surface area contributed by atoms with Crippen molar-refractivity contribution in [2.45, 2.75) is 32.7 Å². The highest BCUT2D eigenvalue weighted by Crippen LogP contribution is 2.31. The van der Waals surface area contributed by atoms with Gasteiger partial charge in [-0.3, -0.25) is 14.7 Å². The summed E-state index contributed by atoms with van der Waals surface area (Å²) in [6.07, 6.45) is 5.00. The number of halogens is 1. The average molecular weight is 371 g/mol. The monoisotopic (exact) mass is 371 g/mol. The minimum atomic E-state index is -0.366. The Hall–Kier alpha value is -2.54. The molecule has 1 unspecified atom stereocenters. The molecule has 0 aliphatic carbocycles. The number of likely N-dealkylation sites (N-methyl/N-ethyl adjacent to an activating group) is 1. The number of amides is 1. The first-order valence-electron chi connectivity index (χ1n) is 9.47. The van der Waals surface area contributed by atoms with Crippen LogP contribution in [-0.2, 0) is 4.79 Å². The summed E-state index contributed by atoms with van der Waals surface area (Å²) in [5.74, 6) is 0.375. The predicted octanol–water partition coefficient (Wildman–Crippen LogP) is 3.36. The molecule has 2 aromatic heterocycles. The van der Waals surface area contributed by atoms with E-state index < -0.39 is 0 Å². The third kappa shape index (κ3) is 4.80. The van der Waals surface area contributed by atoms with Crippen molar-refractivity contribution in [1.29, 1.82) is 0 Å². The molecule has 1 aliphatic rings. The van der Waals surface area contributed by atoms with Crippen LogP contribution in [0.5, 0.6) is 0 Å². The zero-order valence-corrected chi connectivity index (χ0v) is 15.9. The molecule has 144 valence electrons. The standard InChI is InChI=1S/C20H26FN5O/c1-3-25(4-2)20(27)14-26-11-5-6-18(26)17-9-8-16(13-22-17)24-19-10-7-15(21)12-23-19/h7-10,12-13,18H,3-6,11,14H2,1-2H3,(H,23,24). The van der Waals surface area contributed by atoms with Gasteiger partial charge in [0.05, 0.1) is 36.4 Å². The fourth-order valence-electron chi connectivity index (χ4n) is 3.47. The second kappa shape index (κ2) is 8.90. The molecule has 0 aromatic carbocycles. The molecule has 1 aliphatic heterocycles. The zero-order valence-electron chi connectivity index (χ0n) is 15.9. The van der Waals surface area contributed by atoms with Gasteiger partial charge in [-0.15, -0.1) is 0 Å². The summed E-state index contributed by atoms with van der Waals surface area (Å²) >= 11 is 0. The van der Waals surface area contributed by atoms with Crippen LogP contribution in [-0.4, -0.2) is 51.9 Å². The third-order valence-corrected chi connectivity index (χ3v) is 4.95. The zero-order chi connectivity index (χ0) is 19.2. The Bertz CT molecular complexity index is 746. The van der Waals surface area contributed by atoms with Crippen molar-refractivity contribution in [3.63, 3.8) is 0 Å². The largest absolute Gasteiger partial charge is 0.342 e. The van der Waals surface area contributed by atoms with Gasteiger partial charge in [0.1, 0.15) is 11.6 Å². The van der Waals surface area contributed by atoms with Crippen molar-refractivity contribution < 1.29 is 9.18 Å². The quantitative estimate of drug-likeness (QED) is 0.809. The summed E-state index contributed by atoms with van der Waals surface area (Å²) in [7, 11) is 0. The van der Waals surface area contributed by atoms with Crippen LogP contribution in [0.4, 0.5) is 15.9 Å². The molecule has 1 N–H and O–H groups in total. The van der Waals surface area contributed by atoms with Gasteiger partial charge in [0.2, 0.25) is 5.91 Å². The van der Waals surface area contributed by atoms with Gasteiger partial charge in [0.15, 0.2) is 0 Å². The number of aromatic nitrogens is 2. The number of pyridine rings is 2. The molecule has 1 fully saturated rings. The second-order valence-corrected chi connectivity index (χ2v) is 6.65. The third-order valence-electron chi connectivity index (χ3n) is 4.95. The van der Waals surface area contributed by atoms with Crippen molar-refractivity contribution in [3.05, 3.63) is 48.2 Å². The fraction of sp³-hybridized carbons (Fsp3) is 0.450. The summed E-state index contributed by atoms with van der Waals surface area (Å²) in [4.78, 5) is 25.1. The first-order valence-corrected chi connectivity index (χ1v) is 9.47. The van der Waals surface area contributed by atoms with Gasteiger partial charge in [0, 0.05) is 13.1 Å². The van der Waals surface area contributed by atoms with Crippen LogP contribution < -0.4 is 5.32 Å². The number of rotatable bonds is 7. The van der Waals surface area contributed by atoms with Crippen molar-refractivity contribution >= 4 is 17.4 Å². The number of anilines is 2. The van der Waals surface area contributed by atoms with Gasteiger partial charge in [0.25, 0.3) is 0 Å². The van der Waals surface area contributed by atoms with Crippen LogP contribution in [0, 0.1) is 5.82 Å². The number of nitrogens with zero attached hydrogens (tertiary/aromatic N) is 4. The van der Waals surface area contributed by atoms with Gasteiger partial charge < -0.3 is 10.2 Å². The Morgan fingerprint density at radius 1 is 1.22 bits per heavy atom. The maximum atomic E-state index is 12.9. The van der Waals surface area contributed by atoms with Crippen LogP contribution in [0.1, 0.15) is 38.4 Å². The summed E-state index contributed by atoms with van der Waals surface area (Å²) in [6, 6.07) is 7.04. The molecule has 0 radical (unpaired) electrons. The topological polar surface area (TPSA) is 61.4 Å². The van der Waals surface area contributed by atoms with Gasteiger partial charge in [-0.05, 0) is 57.5 Å². The maximum Gasteiger partial charge on any atom is 0.236 e. The Kier molecular flexibility index (Phi) is 6.34. The Morgan fingerprint density at radius 3 is 2.67 bits per heavy atom. The second-order valence-electron chi connectivity index (χ2n) is 6.65. The fourth-order valence-corrected chi connectivity index (χ4v) is 3.47. The van der Waals surface area contributed by atoms with E-state index in [2.05, 4.69) is 20.2 Å². The lowest BCUT2D eigenvalue weighted by Gasteiger charge is -2.27. The molecule has 1 atom stereocenters. The van der Waals surface area contributed by atoms with Crippen molar-refractivity contribution in [1.82, 2.24) is 19.8 Å². The lowest BCUT2D eigenvalue weighted by atomic mass is 10.1. The minimum Gasteiger partial charge on any atom is -0.342 e. The molecule has 1 amide bonds. The first-order chi connectivity index (χ1) is 13.1. The Labute approximate surface area is 159 Å². The van der Waals surface area contributed by atoms with E-state index in [1.54, 1.807) is 12.3 Å². The molecule has 7 heteroatoms. The number of hydrogen-bond acceptors (Lipinski definition) is 5. The molecule has 0 spiro atoms. The van der Waals surface area contributed by atoms with Gasteiger partial charge in [-0.2, -0.15) is 0 Å². The molecule has 3 rings (SSSR count). The molecule has 27 heavy (non-hydrogen) atoms. The van der Waals surface area contributed by atoms with Crippen LogP contribution >= 0.6 is 0 Å². The molecule has 2 aromatic rings. The highest BCUT2D eigenvalue weighted by molar-refractivity contribution is 5.78. The van der Waals surface area contributed by atoms with Crippen molar-refractivity contribution in [2.75, 3.05) is 31.5 Å². The normalized spacial score (nSPS) is 17.1. The van der Waals surface area contributed by atoms with E-state index in [4.69, 9.17) is 0 Å². The van der Waals surface area contributed by atoms with E-state index in [0.29, 0.717) is 12.4 Å². The van der Waals surface area contributed by atoms with Crippen LogP contribution in [0.3, 0.4) is 0 Å². The molecule has 3 heterocycles. The molecule has 0 saturated carbocycles. The highest BCUT2D eigenvalue weighted by Gasteiger charge is 2.29. The smallest absolute Gasteiger partial charge is 0.236 e. The summed E-state index contributed by atoms with van der Waals surface area (Å²) in [5, 5.41) is 3.11. The minimum absolute atomic E-state index is 0.169. The summed E-state index contributed by atoms with van der Waals surface area (Å²) in [6.45, 7) is 6.85. The number of carbonyl (C=O) groups excluding carboxylic acids is 1. The highest BCUT2D eigenvalue weighted by atomic mass is 19.1. The summed E-state index contributed by atoms with van der Waals surface area (Å²) in [5.41, 5.74) is 1.76. The van der Waals surface area contributed by atoms with Crippen LogP contribution in [0.15, 0.2) is 36.7 Å². The van der Waals surface area contributed by atoms with Crippen LogP contribution in [0.25, 0.3) is 0 Å². The van der Waals surface area contributed by atoms with E-state index in [9.17, 15) is 9.18 Å². The van der Waals surface area contributed by atoms with Gasteiger partial charge in [-0.25, -0.2) is 9.37 Å². The van der Waals surface area contributed by atoms with Gasteiger partial charge in [-0.1, -0.05) is 0 Å². The average Bonchev–Trinajstić information content (AvgIpc) is 3.13. The molecular formula is C20H26FN5O. The van der Waals surface area contributed by atoms with Crippen molar-refractivity contribution in [2.24, 2.45) is 0 Å². The lowest BCUT2D eigenvalue weighted by Crippen LogP contribution is -2.40. The van der Waals surface area contributed by atoms with Crippen LogP contribution in [0.2, 0.25) is 0 Å². The molecule has 6 nitrogen and oxygen atoms in total. The van der Waals surface area contributed by atoms with E-state index in [1.165, 1.54) is 12.3 Å². The Balaban J connectivity index is 1.64. The van der Waals surface area contributed by atoms with E-state index >= 15 is 0 Å². The molecule has 1 saturated heterocycles. The number of likely N-dealkylation sites (tertiary alicyclic amines) is 1. The number of carbonyl (C=O) groups is 1. The van der Waals surface area contributed by atoms with Crippen molar-refractivity contribution in [3.8, 4) is 0 Å². The predicted molar refractivity (Wildman–Crippen MR) is 103 cm³/mol. The van der Waals surface area contributed by atoms with E-state index in [-0.39, 0.29) is 17.8 Å². The van der Waals surface area contributed by atoms with E-state index in [1.807, 2.05) is 30.9 Å². The van der Waals surface area contributed by atoms with E-state index in [0.717, 1.165) is 43.9 Å². The number of nitrogens with one attached hydrogen (secondary N) is 1. The first kappa shape index (κ1) is 19.2. The molecular weight excluding hydrogens is 345 g/mol. The lowest BCUT2D eigenvalue weighted by molar-refractivity contribution is -0.132.